The third-order valence-corrected chi connectivity index (χ3v) is 8.87. The lowest BCUT2D eigenvalue weighted by Crippen LogP contribution is -2.19. The Morgan fingerprint density at radius 2 is 1.82 bits per heavy atom. The van der Waals surface area contributed by atoms with Crippen molar-refractivity contribution in [2.75, 3.05) is 11.1 Å². The molecule has 0 fully saturated rings. The Morgan fingerprint density at radius 1 is 1.12 bits per heavy atom. The molecule has 7 nitrogen and oxygen atoms in total. The summed E-state index contributed by atoms with van der Waals surface area (Å²) in [6.07, 6.45) is 4.42. The molecule has 1 aliphatic carbocycles. The molecular weight excluding hydrogens is 492 g/mol. The number of nitrogens with zero attached hydrogens (tertiary/aromatic N) is 3. The van der Waals surface area contributed by atoms with Gasteiger partial charge in [0, 0.05) is 17.5 Å². The molecule has 0 saturated heterocycles. The lowest BCUT2D eigenvalue weighted by Gasteiger charge is -2.14. The molecule has 0 bridgehead atoms. The number of carbonyl (C=O) groups is 1. The topological polar surface area (TPSA) is 94.0 Å². The Bertz CT molecular complexity index is 1450. The highest BCUT2D eigenvalue weighted by Gasteiger charge is 2.20. The number of rotatable bonds is 6. The monoisotopic (exact) mass is 514 g/mol. The zero-order chi connectivity index (χ0) is 23.9. The van der Waals surface area contributed by atoms with E-state index in [1.54, 1.807) is 10.7 Å². The first kappa shape index (κ1) is 23.0. The van der Waals surface area contributed by atoms with Gasteiger partial charge in [0.15, 0.2) is 9.84 Å². The summed E-state index contributed by atoms with van der Waals surface area (Å²) < 4.78 is 27.8. The number of carbonyl (C=O) groups excluding carboxylic acids is 1. The fraction of sp³-hybridized carbons (Fsp3) is 0.292. The molecule has 10 heteroatoms. The minimum atomic E-state index is -3.60. The van der Waals surface area contributed by atoms with Crippen molar-refractivity contribution in [1.82, 2.24) is 14.8 Å². The highest BCUT2D eigenvalue weighted by Crippen LogP contribution is 2.32. The van der Waals surface area contributed by atoms with Crippen LogP contribution in [0.5, 0.6) is 0 Å². The highest BCUT2D eigenvalue weighted by molar-refractivity contribution is 7.91. The molecule has 1 aliphatic rings. The zero-order valence-electron chi connectivity index (χ0n) is 18.5. The maximum absolute atomic E-state index is 12.6. The molecule has 176 valence electrons. The average molecular weight is 515 g/mol. The van der Waals surface area contributed by atoms with E-state index in [-0.39, 0.29) is 17.1 Å². The Balaban J connectivity index is 1.34. The van der Waals surface area contributed by atoms with Gasteiger partial charge in [-0.1, -0.05) is 22.9 Å². The van der Waals surface area contributed by atoms with Crippen molar-refractivity contribution in [2.24, 2.45) is 0 Å². The van der Waals surface area contributed by atoms with Crippen LogP contribution >= 0.6 is 22.9 Å². The van der Waals surface area contributed by atoms with E-state index in [2.05, 4.69) is 22.5 Å². The van der Waals surface area contributed by atoms with Crippen molar-refractivity contribution in [3.8, 4) is 5.13 Å². The molecule has 0 spiro atoms. The van der Waals surface area contributed by atoms with E-state index in [4.69, 9.17) is 16.6 Å². The van der Waals surface area contributed by atoms with Crippen LogP contribution in [0.2, 0.25) is 5.02 Å². The standard InChI is InChI=1S/C24H23ClN4O3S2/c1-15-12-22(27-23(30)10-11-34(31,32)19-8-6-18(25)7-9-19)29(28-15)24-26-20-13-16-4-2-3-5-17(16)14-21(20)33-24/h6-9,12-14H,2-5,10-11H2,1H3,(H,27,30). The Morgan fingerprint density at radius 3 is 2.56 bits per heavy atom. The molecule has 0 aliphatic heterocycles. The van der Waals surface area contributed by atoms with E-state index < -0.39 is 15.7 Å². The van der Waals surface area contributed by atoms with E-state index in [0.717, 1.165) is 28.8 Å². The molecule has 0 saturated carbocycles. The maximum Gasteiger partial charge on any atom is 0.226 e. The van der Waals surface area contributed by atoms with Gasteiger partial charge in [0.1, 0.15) is 5.82 Å². The predicted octanol–water partition coefficient (Wildman–Crippen LogP) is 5.13. The number of nitrogens with one attached hydrogen (secondary N) is 1. The van der Waals surface area contributed by atoms with E-state index in [9.17, 15) is 13.2 Å². The molecule has 1 amide bonds. The number of thiazole rings is 1. The van der Waals surface area contributed by atoms with Gasteiger partial charge in [-0.05, 0) is 80.1 Å². The van der Waals surface area contributed by atoms with E-state index in [0.29, 0.717) is 16.0 Å². The normalized spacial score (nSPS) is 13.7. The van der Waals surface area contributed by atoms with Gasteiger partial charge in [-0.15, -0.1) is 0 Å². The number of halogens is 1. The largest absolute Gasteiger partial charge is 0.310 e. The number of anilines is 1. The molecule has 4 aromatic rings. The van der Waals surface area contributed by atoms with Gasteiger partial charge in [0.05, 0.1) is 26.6 Å². The van der Waals surface area contributed by atoms with Crippen molar-refractivity contribution < 1.29 is 13.2 Å². The van der Waals surface area contributed by atoms with E-state index >= 15 is 0 Å². The summed E-state index contributed by atoms with van der Waals surface area (Å²) in [5.41, 5.74) is 4.41. The van der Waals surface area contributed by atoms with Crippen LogP contribution in [-0.4, -0.2) is 34.8 Å². The van der Waals surface area contributed by atoms with E-state index in [1.807, 2.05) is 6.92 Å². The Hall–Kier alpha value is -2.75. The fourth-order valence-corrected chi connectivity index (χ4v) is 6.50. The Kier molecular flexibility index (Phi) is 6.18. The molecule has 34 heavy (non-hydrogen) atoms. The highest BCUT2D eigenvalue weighted by atomic mass is 35.5. The lowest BCUT2D eigenvalue weighted by molar-refractivity contribution is -0.115. The quantitative estimate of drug-likeness (QED) is 0.385. The number of aryl methyl sites for hydroxylation is 3. The molecule has 0 radical (unpaired) electrons. The molecule has 0 atom stereocenters. The van der Waals surface area contributed by atoms with Crippen LogP contribution in [0.3, 0.4) is 0 Å². The fourth-order valence-electron chi connectivity index (χ4n) is 4.16. The number of amides is 1. The summed E-state index contributed by atoms with van der Waals surface area (Å²) in [4.78, 5) is 17.5. The summed E-state index contributed by atoms with van der Waals surface area (Å²) in [6.45, 7) is 1.84. The van der Waals surface area contributed by atoms with Crippen LogP contribution in [0.4, 0.5) is 5.82 Å². The minimum Gasteiger partial charge on any atom is -0.310 e. The second kappa shape index (κ2) is 9.13. The lowest BCUT2D eigenvalue weighted by atomic mass is 9.92. The smallest absolute Gasteiger partial charge is 0.226 e. The summed E-state index contributed by atoms with van der Waals surface area (Å²) in [5, 5.41) is 8.43. The number of sulfone groups is 1. The van der Waals surface area contributed by atoms with Crippen molar-refractivity contribution in [2.45, 2.75) is 43.9 Å². The van der Waals surface area contributed by atoms with Gasteiger partial charge >= 0.3 is 0 Å². The first-order chi connectivity index (χ1) is 16.3. The number of hydrogen-bond acceptors (Lipinski definition) is 6. The van der Waals surface area contributed by atoms with Crippen LogP contribution in [0.1, 0.15) is 36.1 Å². The summed E-state index contributed by atoms with van der Waals surface area (Å²) in [6, 6.07) is 12.1. The molecule has 2 heterocycles. The molecule has 2 aromatic heterocycles. The molecule has 0 unspecified atom stereocenters. The minimum absolute atomic E-state index is 0.141. The number of hydrogen-bond donors (Lipinski definition) is 1. The van der Waals surface area contributed by atoms with Crippen LogP contribution < -0.4 is 5.32 Å². The van der Waals surface area contributed by atoms with Crippen LogP contribution in [0.25, 0.3) is 15.3 Å². The molecular formula is C24H23ClN4O3S2. The first-order valence-electron chi connectivity index (χ1n) is 11.1. The van der Waals surface area contributed by atoms with Gasteiger partial charge in [0.25, 0.3) is 0 Å². The van der Waals surface area contributed by atoms with Gasteiger partial charge in [-0.25, -0.2) is 13.4 Å². The second-order valence-corrected chi connectivity index (χ2v) is 12.0. The van der Waals surface area contributed by atoms with Gasteiger partial charge in [-0.3, -0.25) is 4.79 Å². The number of benzene rings is 2. The summed E-state index contributed by atoms with van der Waals surface area (Å²) >= 11 is 7.36. The summed E-state index contributed by atoms with van der Waals surface area (Å²) in [5.74, 6) is -0.245. The van der Waals surface area contributed by atoms with Crippen molar-refractivity contribution in [1.29, 1.82) is 0 Å². The van der Waals surface area contributed by atoms with Crippen molar-refractivity contribution >= 4 is 54.7 Å². The van der Waals surface area contributed by atoms with E-state index in [1.165, 1.54) is 59.6 Å². The third-order valence-electron chi connectivity index (χ3n) is 5.89. The second-order valence-electron chi connectivity index (χ2n) is 8.45. The summed E-state index contributed by atoms with van der Waals surface area (Å²) in [7, 11) is -3.60. The third kappa shape index (κ3) is 4.73. The van der Waals surface area contributed by atoms with Gasteiger partial charge in [0.2, 0.25) is 11.0 Å². The molecule has 5 rings (SSSR count). The number of fused-ring (bicyclic) bond motifs is 2. The van der Waals surface area contributed by atoms with Crippen molar-refractivity contribution in [3.05, 3.63) is 64.3 Å². The van der Waals surface area contributed by atoms with Crippen LogP contribution in [0, 0.1) is 6.92 Å². The number of aromatic nitrogens is 3. The first-order valence-corrected chi connectivity index (χ1v) is 13.9. The zero-order valence-corrected chi connectivity index (χ0v) is 20.9. The molecule has 1 N–H and O–H groups in total. The maximum atomic E-state index is 12.6. The van der Waals surface area contributed by atoms with Crippen LogP contribution in [-0.2, 0) is 27.5 Å². The average Bonchev–Trinajstić information content (AvgIpc) is 3.38. The SMILES string of the molecule is Cc1cc(NC(=O)CCS(=O)(=O)c2ccc(Cl)cc2)n(-c2nc3cc4c(cc3s2)CCCC4)n1. The van der Waals surface area contributed by atoms with Gasteiger partial charge in [-0.2, -0.15) is 9.78 Å². The molecule has 2 aromatic carbocycles. The van der Waals surface area contributed by atoms with Crippen LogP contribution in [0.15, 0.2) is 47.4 Å². The Labute approximate surface area is 206 Å². The van der Waals surface area contributed by atoms with Crippen molar-refractivity contribution in [3.63, 3.8) is 0 Å². The van der Waals surface area contributed by atoms with Gasteiger partial charge < -0.3 is 5.32 Å². The predicted molar refractivity (Wildman–Crippen MR) is 135 cm³/mol.